The van der Waals surface area contributed by atoms with Crippen LogP contribution in [0, 0.1) is 0 Å². The zero-order valence-corrected chi connectivity index (χ0v) is 12.3. The van der Waals surface area contributed by atoms with E-state index in [0.29, 0.717) is 18.3 Å². The SMILES string of the molecule is O=C(O)C(=O)C=C(O)c1ncnc2c1ncn2Cc1ccccc1. The van der Waals surface area contributed by atoms with Crippen molar-refractivity contribution in [3.63, 3.8) is 0 Å². The molecule has 0 bridgehead atoms. The molecule has 2 N–H and O–H groups in total. The number of aromatic nitrogens is 4. The molecule has 0 fully saturated rings. The normalized spacial score (nSPS) is 11.6. The lowest BCUT2D eigenvalue weighted by Crippen LogP contribution is -2.10. The molecule has 0 aliphatic carbocycles. The van der Waals surface area contributed by atoms with Crippen LogP contribution < -0.4 is 0 Å². The van der Waals surface area contributed by atoms with Gasteiger partial charge in [0.05, 0.1) is 12.9 Å². The Morgan fingerprint density at radius 2 is 1.83 bits per heavy atom. The Morgan fingerprint density at radius 3 is 2.54 bits per heavy atom. The lowest BCUT2D eigenvalue weighted by molar-refractivity contribution is -0.146. The van der Waals surface area contributed by atoms with Gasteiger partial charge in [-0.3, -0.25) is 4.79 Å². The van der Waals surface area contributed by atoms with Crippen molar-refractivity contribution in [1.29, 1.82) is 0 Å². The molecular formula is C16H12N4O4. The smallest absolute Gasteiger partial charge is 0.376 e. The third-order valence-corrected chi connectivity index (χ3v) is 3.32. The van der Waals surface area contributed by atoms with Crippen LogP contribution in [0.3, 0.4) is 0 Å². The van der Waals surface area contributed by atoms with Gasteiger partial charge in [0.1, 0.15) is 23.3 Å². The second kappa shape index (κ2) is 6.29. The number of ketones is 1. The maximum atomic E-state index is 11.2. The number of aliphatic hydroxyl groups is 1. The molecule has 0 amide bonds. The Labute approximate surface area is 135 Å². The fourth-order valence-electron chi connectivity index (χ4n) is 2.22. The monoisotopic (exact) mass is 324 g/mol. The van der Waals surface area contributed by atoms with Gasteiger partial charge < -0.3 is 14.8 Å². The lowest BCUT2D eigenvalue weighted by atomic mass is 10.2. The van der Waals surface area contributed by atoms with Crippen LogP contribution >= 0.6 is 0 Å². The highest BCUT2D eigenvalue weighted by atomic mass is 16.4. The molecule has 0 aliphatic rings. The van der Waals surface area contributed by atoms with E-state index in [9.17, 15) is 14.7 Å². The number of rotatable bonds is 5. The summed E-state index contributed by atoms with van der Waals surface area (Å²) in [7, 11) is 0. The lowest BCUT2D eigenvalue weighted by Gasteiger charge is -2.04. The summed E-state index contributed by atoms with van der Waals surface area (Å²) in [5, 5.41) is 18.6. The average molecular weight is 324 g/mol. The van der Waals surface area contributed by atoms with Gasteiger partial charge >= 0.3 is 5.97 Å². The van der Waals surface area contributed by atoms with Crippen LogP contribution in [0.25, 0.3) is 16.9 Å². The van der Waals surface area contributed by atoms with Gasteiger partial charge in [-0.05, 0) is 5.56 Å². The van der Waals surface area contributed by atoms with Gasteiger partial charge in [0.25, 0.3) is 5.78 Å². The van der Waals surface area contributed by atoms with Crippen molar-refractivity contribution in [1.82, 2.24) is 19.5 Å². The molecular weight excluding hydrogens is 312 g/mol. The van der Waals surface area contributed by atoms with Gasteiger partial charge in [-0.1, -0.05) is 30.3 Å². The van der Waals surface area contributed by atoms with Crippen molar-refractivity contribution >= 4 is 28.7 Å². The standard InChI is InChI=1S/C16H12N4O4/c21-11(6-12(22)16(23)24)13-14-15(18-8-17-13)20(9-19-14)7-10-4-2-1-3-5-10/h1-6,8-9,21H,7H2,(H,23,24). The van der Waals surface area contributed by atoms with Crippen LogP contribution in [-0.4, -0.2) is 41.5 Å². The molecule has 8 heteroatoms. The summed E-state index contributed by atoms with van der Waals surface area (Å²) in [5.74, 6) is -3.48. The molecule has 8 nitrogen and oxygen atoms in total. The fraction of sp³-hybridized carbons (Fsp3) is 0.0625. The number of hydrogen-bond donors (Lipinski definition) is 2. The first kappa shape index (κ1) is 15.3. The topological polar surface area (TPSA) is 118 Å². The van der Waals surface area contributed by atoms with Crippen LogP contribution in [0.2, 0.25) is 0 Å². The number of aliphatic hydroxyl groups excluding tert-OH is 1. The van der Waals surface area contributed by atoms with E-state index < -0.39 is 17.5 Å². The first-order chi connectivity index (χ1) is 11.6. The van der Waals surface area contributed by atoms with Crippen molar-refractivity contribution < 1.29 is 19.8 Å². The molecule has 0 saturated carbocycles. The Kier molecular flexibility index (Phi) is 4.02. The number of hydrogen-bond acceptors (Lipinski definition) is 6. The maximum absolute atomic E-state index is 11.2. The largest absolute Gasteiger partial charge is 0.505 e. The Balaban J connectivity index is 2.01. The number of carbonyl (C=O) groups excluding carboxylic acids is 1. The molecule has 24 heavy (non-hydrogen) atoms. The average Bonchev–Trinajstić information content (AvgIpc) is 2.98. The summed E-state index contributed by atoms with van der Waals surface area (Å²) in [4.78, 5) is 34.0. The molecule has 0 unspecified atom stereocenters. The molecule has 0 radical (unpaired) electrons. The number of benzene rings is 1. The van der Waals surface area contributed by atoms with Gasteiger partial charge in [-0.25, -0.2) is 19.7 Å². The summed E-state index contributed by atoms with van der Waals surface area (Å²) < 4.78 is 1.77. The number of aliphatic carboxylic acids is 1. The molecule has 1 aromatic carbocycles. The van der Waals surface area contributed by atoms with E-state index in [4.69, 9.17) is 5.11 Å². The summed E-state index contributed by atoms with van der Waals surface area (Å²) >= 11 is 0. The minimum absolute atomic E-state index is 0.00131. The van der Waals surface area contributed by atoms with Gasteiger partial charge in [0.15, 0.2) is 5.65 Å². The maximum Gasteiger partial charge on any atom is 0.376 e. The minimum Gasteiger partial charge on any atom is -0.505 e. The van der Waals surface area contributed by atoms with E-state index in [0.717, 1.165) is 5.56 Å². The van der Waals surface area contributed by atoms with E-state index in [1.807, 2.05) is 30.3 Å². The minimum atomic E-state index is -1.67. The molecule has 2 heterocycles. The van der Waals surface area contributed by atoms with E-state index in [-0.39, 0.29) is 11.2 Å². The molecule has 0 aliphatic heterocycles. The van der Waals surface area contributed by atoms with Crippen LogP contribution in [0.4, 0.5) is 0 Å². The number of imidazole rings is 1. The summed E-state index contributed by atoms with van der Waals surface area (Å²) in [6, 6.07) is 9.66. The van der Waals surface area contributed by atoms with Crippen molar-refractivity contribution in [2.75, 3.05) is 0 Å². The summed E-state index contributed by atoms with van der Waals surface area (Å²) in [6.45, 7) is 0.520. The van der Waals surface area contributed by atoms with Gasteiger partial charge in [0.2, 0.25) is 0 Å². The molecule has 3 rings (SSSR count). The Morgan fingerprint density at radius 1 is 1.08 bits per heavy atom. The Hall–Kier alpha value is -3.55. The molecule has 0 saturated heterocycles. The van der Waals surface area contributed by atoms with Gasteiger partial charge in [-0.2, -0.15) is 0 Å². The zero-order valence-electron chi connectivity index (χ0n) is 12.3. The molecule has 120 valence electrons. The number of fused-ring (bicyclic) bond motifs is 1. The first-order valence-corrected chi connectivity index (χ1v) is 6.94. The fourth-order valence-corrected chi connectivity index (χ4v) is 2.22. The summed E-state index contributed by atoms with van der Waals surface area (Å²) in [6.07, 6.45) is 3.36. The third kappa shape index (κ3) is 2.98. The number of carboxylic acid groups (broad SMARTS) is 1. The van der Waals surface area contributed by atoms with Crippen LogP contribution in [0.1, 0.15) is 11.3 Å². The molecule has 0 atom stereocenters. The second-order valence-electron chi connectivity index (χ2n) is 4.95. The second-order valence-corrected chi connectivity index (χ2v) is 4.95. The zero-order chi connectivity index (χ0) is 17.1. The van der Waals surface area contributed by atoms with Crippen molar-refractivity contribution in [2.24, 2.45) is 0 Å². The number of nitrogens with zero attached hydrogens (tertiary/aromatic N) is 4. The van der Waals surface area contributed by atoms with E-state index in [1.165, 1.54) is 6.33 Å². The van der Waals surface area contributed by atoms with Crippen LogP contribution in [0.5, 0.6) is 0 Å². The first-order valence-electron chi connectivity index (χ1n) is 6.94. The highest BCUT2D eigenvalue weighted by Crippen LogP contribution is 2.19. The highest BCUT2D eigenvalue weighted by Gasteiger charge is 2.16. The van der Waals surface area contributed by atoms with Gasteiger partial charge in [0, 0.05) is 6.08 Å². The summed E-state index contributed by atoms with van der Waals surface area (Å²) in [5.41, 5.74) is 1.78. The quantitative estimate of drug-likeness (QED) is 0.414. The third-order valence-electron chi connectivity index (χ3n) is 3.32. The molecule has 3 aromatic rings. The van der Waals surface area contributed by atoms with Crippen molar-refractivity contribution in [2.45, 2.75) is 6.54 Å². The van der Waals surface area contributed by atoms with Crippen LogP contribution in [0.15, 0.2) is 49.1 Å². The number of carboxylic acids is 1. The van der Waals surface area contributed by atoms with Crippen molar-refractivity contribution in [3.8, 4) is 0 Å². The van der Waals surface area contributed by atoms with E-state index in [2.05, 4.69) is 15.0 Å². The van der Waals surface area contributed by atoms with Gasteiger partial charge in [-0.15, -0.1) is 0 Å². The predicted octanol–water partition coefficient (Wildman–Crippen LogP) is 1.43. The van der Waals surface area contributed by atoms with Crippen molar-refractivity contribution in [3.05, 3.63) is 60.3 Å². The van der Waals surface area contributed by atoms with E-state index >= 15 is 0 Å². The van der Waals surface area contributed by atoms with Crippen LogP contribution in [-0.2, 0) is 16.1 Å². The molecule has 0 spiro atoms. The highest BCUT2D eigenvalue weighted by molar-refractivity contribution is 6.38. The van der Waals surface area contributed by atoms with E-state index in [1.54, 1.807) is 10.9 Å². The predicted molar refractivity (Wildman–Crippen MR) is 84.1 cm³/mol. The molecule has 2 aromatic heterocycles. The number of carbonyl (C=O) groups is 2. The Bertz CT molecular complexity index is 947.